The Kier molecular flexibility index (Phi) is 2.87. The third-order valence-electron chi connectivity index (χ3n) is 2.33. The number of nitrogens with two attached hydrogens (primary N) is 3. The summed E-state index contributed by atoms with van der Waals surface area (Å²) < 4.78 is 10.9. The van der Waals surface area contributed by atoms with Gasteiger partial charge in [-0.15, -0.1) is 0 Å². The summed E-state index contributed by atoms with van der Waals surface area (Å²) in [6.45, 7) is 0.883. The van der Waals surface area contributed by atoms with E-state index < -0.39 is 0 Å². The molecule has 86 valence electrons. The van der Waals surface area contributed by atoms with Crippen LogP contribution in [0.15, 0.2) is 46.9 Å². The molecule has 0 saturated carbocycles. The fourth-order valence-corrected chi connectivity index (χ4v) is 1.63. The lowest BCUT2D eigenvalue weighted by Crippen LogP contribution is -2.19. The zero-order chi connectivity index (χ0) is 11.5. The standard InChI is InChI=1S/C11H15N3O2/c12-4-5-15-9-3-1-2-7-8(13)6-10(14)16-11(7)9/h1,3,6H,2,4-5,12-14H2. The van der Waals surface area contributed by atoms with Gasteiger partial charge in [0.25, 0.3) is 0 Å². The van der Waals surface area contributed by atoms with Crippen molar-refractivity contribution in [3.8, 4) is 0 Å². The molecule has 0 unspecified atom stereocenters. The van der Waals surface area contributed by atoms with Crippen LogP contribution in [0.5, 0.6) is 0 Å². The van der Waals surface area contributed by atoms with Gasteiger partial charge in [0.05, 0.1) is 0 Å². The van der Waals surface area contributed by atoms with Gasteiger partial charge in [-0.25, -0.2) is 0 Å². The third kappa shape index (κ3) is 1.90. The summed E-state index contributed by atoms with van der Waals surface area (Å²) in [5.41, 5.74) is 18.4. The largest absolute Gasteiger partial charge is 0.488 e. The molecule has 0 spiro atoms. The smallest absolute Gasteiger partial charge is 0.193 e. The Morgan fingerprint density at radius 2 is 2.19 bits per heavy atom. The van der Waals surface area contributed by atoms with Crippen molar-refractivity contribution in [2.75, 3.05) is 13.2 Å². The van der Waals surface area contributed by atoms with Gasteiger partial charge in [-0.1, -0.05) is 6.08 Å². The maximum absolute atomic E-state index is 5.87. The van der Waals surface area contributed by atoms with E-state index in [1.165, 1.54) is 0 Å². The highest BCUT2D eigenvalue weighted by atomic mass is 16.5. The molecule has 0 bridgehead atoms. The predicted octanol–water partition coefficient (Wildman–Crippen LogP) is 0.176. The van der Waals surface area contributed by atoms with E-state index >= 15 is 0 Å². The number of ether oxygens (including phenoxy) is 2. The first-order valence-corrected chi connectivity index (χ1v) is 5.10. The van der Waals surface area contributed by atoms with E-state index in [4.69, 9.17) is 26.7 Å². The van der Waals surface area contributed by atoms with E-state index in [0.29, 0.717) is 30.4 Å². The third-order valence-corrected chi connectivity index (χ3v) is 2.33. The summed E-state index contributed by atoms with van der Waals surface area (Å²) in [7, 11) is 0. The highest BCUT2D eigenvalue weighted by Gasteiger charge is 2.23. The van der Waals surface area contributed by atoms with E-state index in [0.717, 1.165) is 12.0 Å². The maximum atomic E-state index is 5.87. The molecule has 2 rings (SSSR count). The molecule has 6 N–H and O–H groups in total. The van der Waals surface area contributed by atoms with E-state index in [1.807, 2.05) is 12.2 Å². The minimum atomic E-state index is 0.278. The van der Waals surface area contributed by atoms with Crippen LogP contribution in [0.1, 0.15) is 6.42 Å². The molecule has 1 aliphatic carbocycles. The molecule has 0 aromatic rings. The molecule has 0 amide bonds. The van der Waals surface area contributed by atoms with Gasteiger partial charge < -0.3 is 26.7 Å². The van der Waals surface area contributed by atoms with Crippen LogP contribution in [0, 0.1) is 0 Å². The van der Waals surface area contributed by atoms with E-state index in [1.54, 1.807) is 6.08 Å². The quantitative estimate of drug-likeness (QED) is 0.631. The van der Waals surface area contributed by atoms with Crippen molar-refractivity contribution >= 4 is 0 Å². The van der Waals surface area contributed by atoms with Crippen LogP contribution in [0.2, 0.25) is 0 Å². The summed E-state index contributed by atoms with van der Waals surface area (Å²) in [6.07, 6.45) is 6.15. The van der Waals surface area contributed by atoms with E-state index in [2.05, 4.69) is 0 Å². The molecule has 5 nitrogen and oxygen atoms in total. The first-order valence-electron chi connectivity index (χ1n) is 5.10. The molecular formula is C11H15N3O2. The average molecular weight is 221 g/mol. The van der Waals surface area contributed by atoms with E-state index in [9.17, 15) is 0 Å². The molecule has 2 aliphatic rings. The van der Waals surface area contributed by atoms with Crippen LogP contribution in [0.3, 0.4) is 0 Å². The molecule has 0 saturated heterocycles. The van der Waals surface area contributed by atoms with Gasteiger partial charge in [-0.3, -0.25) is 0 Å². The molecule has 0 radical (unpaired) electrons. The number of allylic oxidation sites excluding steroid dienone is 4. The second kappa shape index (κ2) is 4.32. The van der Waals surface area contributed by atoms with Crippen LogP contribution < -0.4 is 17.2 Å². The monoisotopic (exact) mass is 221 g/mol. The van der Waals surface area contributed by atoms with Crippen LogP contribution in [0.4, 0.5) is 0 Å². The SMILES string of the molecule is NCCOC1=C2OC(N)=CC(N)=C2CC=C1. The number of fused-ring (bicyclic) bond motifs is 1. The molecule has 16 heavy (non-hydrogen) atoms. The molecule has 0 aromatic carbocycles. The Labute approximate surface area is 93.9 Å². The lowest BCUT2D eigenvalue weighted by Gasteiger charge is -2.23. The first kappa shape index (κ1) is 10.6. The molecule has 5 heteroatoms. The lowest BCUT2D eigenvalue weighted by atomic mass is 10.0. The van der Waals surface area contributed by atoms with Crippen LogP contribution in [-0.2, 0) is 9.47 Å². The number of hydrogen-bond donors (Lipinski definition) is 3. The molecule has 1 heterocycles. The fourth-order valence-electron chi connectivity index (χ4n) is 1.63. The summed E-state index contributed by atoms with van der Waals surface area (Å²) in [5, 5.41) is 0. The Hall–Kier alpha value is -1.88. The summed E-state index contributed by atoms with van der Waals surface area (Å²) in [5.74, 6) is 1.51. The van der Waals surface area contributed by atoms with Crippen molar-refractivity contribution in [1.82, 2.24) is 0 Å². The normalized spacial score (nSPS) is 19.2. The molecule has 0 aromatic heterocycles. The molecular weight excluding hydrogens is 206 g/mol. The summed E-state index contributed by atoms with van der Waals surface area (Å²) >= 11 is 0. The summed E-state index contributed by atoms with van der Waals surface area (Å²) in [6, 6.07) is 0. The van der Waals surface area contributed by atoms with Crippen molar-refractivity contribution < 1.29 is 9.47 Å². The second-order valence-corrected chi connectivity index (χ2v) is 3.52. The van der Waals surface area contributed by atoms with Gasteiger partial charge in [0.15, 0.2) is 17.4 Å². The van der Waals surface area contributed by atoms with Crippen molar-refractivity contribution in [2.45, 2.75) is 6.42 Å². The van der Waals surface area contributed by atoms with Crippen LogP contribution in [-0.4, -0.2) is 13.2 Å². The van der Waals surface area contributed by atoms with E-state index in [-0.39, 0.29) is 5.88 Å². The van der Waals surface area contributed by atoms with Gasteiger partial charge in [0.2, 0.25) is 0 Å². The molecule has 1 aliphatic heterocycles. The van der Waals surface area contributed by atoms with Gasteiger partial charge in [0.1, 0.15) is 6.61 Å². The highest BCUT2D eigenvalue weighted by molar-refractivity contribution is 5.47. The van der Waals surface area contributed by atoms with Gasteiger partial charge in [-0.2, -0.15) is 0 Å². The zero-order valence-corrected chi connectivity index (χ0v) is 8.90. The maximum Gasteiger partial charge on any atom is 0.193 e. The van der Waals surface area contributed by atoms with Gasteiger partial charge >= 0.3 is 0 Å². The fraction of sp³-hybridized carbons (Fsp3) is 0.273. The first-order chi connectivity index (χ1) is 7.72. The Bertz CT molecular complexity index is 419. The second-order valence-electron chi connectivity index (χ2n) is 3.52. The Morgan fingerprint density at radius 1 is 1.38 bits per heavy atom. The summed E-state index contributed by atoms with van der Waals surface area (Å²) in [4.78, 5) is 0. The highest BCUT2D eigenvalue weighted by Crippen LogP contribution is 2.32. The van der Waals surface area contributed by atoms with Crippen molar-refractivity contribution in [3.63, 3.8) is 0 Å². The van der Waals surface area contributed by atoms with Crippen LogP contribution >= 0.6 is 0 Å². The number of rotatable bonds is 3. The van der Waals surface area contributed by atoms with Gasteiger partial charge in [0, 0.05) is 23.9 Å². The van der Waals surface area contributed by atoms with Crippen molar-refractivity contribution in [2.24, 2.45) is 17.2 Å². The minimum Gasteiger partial charge on any atom is -0.488 e. The topological polar surface area (TPSA) is 96.5 Å². The molecule has 0 fully saturated rings. The zero-order valence-electron chi connectivity index (χ0n) is 8.90. The van der Waals surface area contributed by atoms with Gasteiger partial charge in [-0.05, 0) is 12.5 Å². The predicted molar refractivity (Wildman–Crippen MR) is 60.4 cm³/mol. The van der Waals surface area contributed by atoms with Crippen molar-refractivity contribution in [3.05, 3.63) is 46.9 Å². The van der Waals surface area contributed by atoms with Crippen LogP contribution in [0.25, 0.3) is 0 Å². The lowest BCUT2D eigenvalue weighted by molar-refractivity contribution is 0.196. The minimum absolute atomic E-state index is 0.278. The number of hydrogen-bond acceptors (Lipinski definition) is 5. The van der Waals surface area contributed by atoms with Crippen molar-refractivity contribution in [1.29, 1.82) is 0 Å². The molecule has 0 atom stereocenters. The Balaban J connectivity index is 2.33. The average Bonchev–Trinajstić information content (AvgIpc) is 2.26. The Morgan fingerprint density at radius 3 is 2.94 bits per heavy atom.